The van der Waals surface area contributed by atoms with Gasteiger partial charge < -0.3 is 0 Å². The molecule has 0 aromatic rings. The van der Waals surface area contributed by atoms with Gasteiger partial charge in [0.1, 0.15) is 5.83 Å². The second-order valence-electron chi connectivity index (χ2n) is 5.42. The van der Waals surface area contributed by atoms with Crippen LogP contribution in [0.1, 0.15) is 33.1 Å². The molecule has 1 atom stereocenters. The maximum atomic E-state index is 14.4. The van der Waals surface area contributed by atoms with Gasteiger partial charge in [0.05, 0.1) is 0 Å². The van der Waals surface area contributed by atoms with E-state index in [4.69, 9.17) is 0 Å². The molecule has 0 saturated heterocycles. The highest BCUT2D eigenvalue weighted by Crippen LogP contribution is 2.45. The van der Waals surface area contributed by atoms with Crippen molar-refractivity contribution in [3.05, 3.63) is 71.2 Å². The summed E-state index contributed by atoms with van der Waals surface area (Å²) < 4.78 is 14.4. The van der Waals surface area contributed by atoms with Crippen molar-refractivity contribution in [3.63, 3.8) is 0 Å². The van der Waals surface area contributed by atoms with Crippen LogP contribution in [0.3, 0.4) is 0 Å². The SMILES string of the molecule is C=C/C=C(\C(=C)C)C1CCC2=CCC(C)=CC(F)=C21. The summed E-state index contributed by atoms with van der Waals surface area (Å²) in [6, 6.07) is 0. The summed E-state index contributed by atoms with van der Waals surface area (Å²) >= 11 is 0. The van der Waals surface area contributed by atoms with E-state index in [1.54, 1.807) is 12.2 Å². The van der Waals surface area contributed by atoms with E-state index in [-0.39, 0.29) is 11.7 Å². The van der Waals surface area contributed by atoms with Gasteiger partial charge >= 0.3 is 0 Å². The number of hydrogen-bond donors (Lipinski definition) is 0. The minimum absolute atomic E-state index is 0.0695. The number of fused-ring (bicyclic) bond motifs is 1. The second-order valence-corrected chi connectivity index (χ2v) is 5.42. The molecule has 2 aliphatic rings. The molecule has 0 aromatic heterocycles. The van der Waals surface area contributed by atoms with E-state index in [0.29, 0.717) is 0 Å². The third-order valence-electron chi connectivity index (χ3n) is 3.86. The van der Waals surface area contributed by atoms with Gasteiger partial charge in [-0.25, -0.2) is 4.39 Å². The van der Waals surface area contributed by atoms with Crippen LogP contribution in [0.2, 0.25) is 0 Å². The Kier molecular flexibility index (Phi) is 4.04. The van der Waals surface area contributed by atoms with Crippen LogP contribution in [-0.4, -0.2) is 0 Å². The van der Waals surface area contributed by atoms with E-state index < -0.39 is 0 Å². The first-order chi connectivity index (χ1) is 9.04. The van der Waals surface area contributed by atoms with Gasteiger partial charge in [0.15, 0.2) is 0 Å². The largest absolute Gasteiger partial charge is 0.207 e. The average molecular weight is 256 g/mol. The molecule has 0 spiro atoms. The van der Waals surface area contributed by atoms with Gasteiger partial charge in [0.25, 0.3) is 0 Å². The minimum atomic E-state index is -0.0695. The van der Waals surface area contributed by atoms with Gasteiger partial charge in [-0.2, -0.15) is 0 Å². The minimum Gasteiger partial charge on any atom is -0.207 e. The number of rotatable bonds is 3. The molecule has 0 heterocycles. The fourth-order valence-electron chi connectivity index (χ4n) is 2.97. The molecule has 0 aliphatic heterocycles. The van der Waals surface area contributed by atoms with Crippen molar-refractivity contribution in [3.8, 4) is 0 Å². The first-order valence-electron chi connectivity index (χ1n) is 6.79. The molecule has 0 bridgehead atoms. The van der Waals surface area contributed by atoms with Gasteiger partial charge in [-0.05, 0) is 55.9 Å². The molecule has 0 N–H and O–H groups in total. The Balaban J connectivity index is 2.50. The zero-order valence-corrected chi connectivity index (χ0v) is 11.8. The highest BCUT2D eigenvalue weighted by molar-refractivity contribution is 5.52. The van der Waals surface area contributed by atoms with Crippen molar-refractivity contribution in [2.24, 2.45) is 5.92 Å². The Morgan fingerprint density at radius 3 is 2.84 bits per heavy atom. The van der Waals surface area contributed by atoms with E-state index in [0.717, 1.165) is 41.6 Å². The Morgan fingerprint density at radius 2 is 2.21 bits per heavy atom. The number of hydrogen-bond acceptors (Lipinski definition) is 0. The van der Waals surface area contributed by atoms with E-state index in [9.17, 15) is 4.39 Å². The fraction of sp³-hybridized carbons (Fsp3) is 0.333. The lowest BCUT2D eigenvalue weighted by Gasteiger charge is -2.17. The molecule has 2 rings (SSSR count). The zero-order valence-electron chi connectivity index (χ0n) is 11.8. The molecular weight excluding hydrogens is 235 g/mol. The first kappa shape index (κ1) is 13.8. The van der Waals surface area contributed by atoms with Crippen molar-refractivity contribution in [2.75, 3.05) is 0 Å². The molecule has 0 radical (unpaired) electrons. The molecule has 1 saturated carbocycles. The van der Waals surface area contributed by atoms with Gasteiger partial charge in [0, 0.05) is 5.92 Å². The van der Waals surface area contributed by atoms with E-state index >= 15 is 0 Å². The molecule has 1 fully saturated rings. The lowest BCUT2D eigenvalue weighted by molar-refractivity contribution is 0.628. The van der Waals surface area contributed by atoms with Gasteiger partial charge in [-0.1, -0.05) is 42.5 Å². The standard InChI is InChI=1S/C18H21F/c1-5-6-15(12(2)3)16-10-9-14-8-7-13(4)11-17(19)18(14)16/h5-6,8,11,16H,1-2,7,9-10H2,3-4H3/b15-6+. The molecule has 0 nitrogen and oxygen atoms in total. The van der Waals surface area contributed by atoms with Gasteiger partial charge in [0.2, 0.25) is 0 Å². The quantitative estimate of drug-likeness (QED) is 0.578. The maximum Gasteiger partial charge on any atom is 0.127 e. The van der Waals surface area contributed by atoms with Crippen LogP contribution in [-0.2, 0) is 0 Å². The second kappa shape index (κ2) is 5.56. The summed E-state index contributed by atoms with van der Waals surface area (Å²) in [5.74, 6) is 0.0591. The Labute approximate surface area is 115 Å². The lowest BCUT2D eigenvalue weighted by atomic mass is 9.87. The summed E-state index contributed by atoms with van der Waals surface area (Å²) in [6.45, 7) is 11.7. The average Bonchev–Trinajstić information content (AvgIpc) is 2.70. The van der Waals surface area contributed by atoms with E-state index in [1.807, 2.05) is 19.9 Å². The fourth-order valence-corrected chi connectivity index (χ4v) is 2.97. The molecule has 2 aliphatic carbocycles. The smallest absolute Gasteiger partial charge is 0.127 e. The number of allylic oxidation sites excluding steroid dienone is 10. The van der Waals surface area contributed by atoms with Crippen LogP contribution in [0.25, 0.3) is 0 Å². The van der Waals surface area contributed by atoms with Crippen LogP contribution in [0, 0.1) is 5.92 Å². The van der Waals surface area contributed by atoms with Gasteiger partial charge in [-0.3, -0.25) is 0 Å². The Bertz CT molecular complexity index is 538. The van der Waals surface area contributed by atoms with E-state index in [1.165, 1.54) is 5.57 Å². The van der Waals surface area contributed by atoms with Crippen molar-refractivity contribution < 1.29 is 4.39 Å². The van der Waals surface area contributed by atoms with Crippen LogP contribution < -0.4 is 0 Å². The summed E-state index contributed by atoms with van der Waals surface area (Å²) in [4.78, 5) is 0. The molecular formula is C18H21F. The Hall–Kier alpha value is -1.63. The maximum absolute atomic E-state index is 14.4. The van der Waals surface area contributed by atoms with Crippen molar-refractivity contribution in [2.45, 2.75) is 33.1 Å². The van der Waals surface area contributed by atoms with Crippen molar-refractivity contribution in [1.82, 2.24) is 0 Å². The molecule has 0 aromatic carbocycles. The Morgan fingerprint density at radius 1 is 1.47 bits per heavy atom. The molecule has 19 heavy (non-hydrogen) atoms. The molecule has 1 heteroatoms. The third kappa shape index (κ3) is 2.70. The molecule has 100 valence electrons. The van der Waals surface area contributed by atoms with Crippen LogP contribution >= 0.6 is 0 Å². The van der Waals surface area contributed by atoms with E-state index in [2.05, 4.69) is 19.2 Å². The first-order valence-corrected chi connectivity index (χ1v) is 6.79. The van der Waals surface area contributed by atoms with Crippen LogP contribution in [0.5, 0.6) is 0 Å². The zero-order chi connectivity index (χ0) is 14.0. The predicted octanol–water partition coefficient (Wildman–Crippen LogP) is 5.58. The summed E-state index contributed by atoms with van der Waals surface area (Å²) in [5, 5.41) is 0. The monoisotopic (exact) mass is 256 g/mol. The van der Waals surface area contributed by atoms with Crippen LogP contribution in [0.15, 0.2) is 71.2 Å². The van der Waals surface area contributed by atoms with Crippen molar-refractivity contribution >= 4 is 0 Å². The van der Waals surface area contributed by atoms with Crippen LogP contribution in [0.4, 0.5) is 4.39 Å². The summed E-state index contributed by atoms with van der Waals surface area (Å²) in [6.07, 6.45) is 10.4. The molecule has 1 unspecified atom stereocenters. The lowest BCUT2D eigenvalue weighted by Crippen LogP contribution is -2.04. The highest BCUT2D eigenvalue weighted by atomic mass is 19.1. The topological polar surface area (TPSA) is 0 Å². The van der Waals surface area contributed by atoms with Gasteiger partial charge in [-0.15, -0.1) is 0 Å². The highest BCUT2D eigenvalue weighted by Gasteiger charge is 2.31. The normalized spacial score (nSPS) is 23.5. The third-order valence-corrected chi connectivity index (χ3v) is 3.86. The van der Waals surface area contributed by atoms with Crippen molar-refractivity contribution in [1.29, 1.82) is 0 Å². The summed E-state index contributed by atoms with van der Waals surface area (Å²) in [5.41, 5.74) is 5.22. The molecule has 0 amide bonds. The predicted molar refractivity (Wildman–Crippen MR) is 80.4 cm³/mol. The number of halogens is 1. The summed E-state index contributed by atoms with van der Waals surface area (Å²) in [7, 11) is 0.